The van der Waals surface area contributed by atoms with Crippen molar-refractivity contribution in [2.24, 2.45) is 11.1 Å². The molecule has 34 heavy (non-hydrogen) atoms. The second-order valence-electron chi connectivity index (χ2n) is 9.38. The predicted molar refractivity (Wildman–Crippen MR) is 129 cm³/mol. The molecule has 2 aromatic rings. The third-order valence-corrected chi connectivity index (χ3v) is 6.24. The molecule has 4 heterocycles. The fourth-order valence-corrected chi connectivity index (χ4v) is 3.99. The molecule has 2 aromatic heterocycles. The van der Waals surface area contributed by atoms with Crippen molar-refractivity contribution in [1.29, 1.82) is 0 Å². The lowest BCUT2D eigenvalue weighted by atomic mass is 10.0. The monoisotopic (exact) mass is 470 g/mol. The number of H-pyrrole nitrogens is 1. The maximum absolute atomic E-state index is 6.01. The van der Waals surface area contributed by atoms with Crippen LogP contribution in [0.5, 0.6) is 5.88 Å². The Morgan fingerprint density at radius 1 is 1.18 bits per heavy atom. The van der Waals surface area contributed by atoms with Crippen molar-refractivity contribution in [3.8, 4) is 5.88 Å². The van der Waals surface area contributed by atoms with Crippen molar-refractivity contribution >= 4 is 23.3 Å². The van der Waals surface area contributed by atoms with Crippen molar-refractivity contribution in [3.05, 3.63) is 17.8 Å². The molecule has 0 aromatic carbocycles. The summed E-state index contributed by atoms with van der Waals surface area (Å²) in [5.41, 5.74) is 2.25. The number of hydrogen-bond acceptors (Lipinski definition) is 10. The summed E-state index contributed by atoms with van der Waals surface area (Å²) < 4.78 is 11.4. The van der Waals surface area contributed by atoms with Gasteiger partial charge in [0.05, 0.1) is 25.5 Å². The molecule has 1 saturated heterocycles. The van der Waals surface area contributed by atoms with E-state index in [0.29, 0.717) is 42.6 Å². The van der Waals surface area contributed by atoms with Gasteiger partial charge in [-0.15, -0.1) is 0 Å². The summed E-state index contributed by atoms with van der Waals surface area (Å²) in [5.74, 6) is 3.34. The Morgan fingerprint density at radius 2 is 2.03 bits per heavy atom. The number of morpholine rings is 1. The van der Waals surface area contributed by atoms with E-state index in [4.69, 9.17) is 14.3 Å². The number of nitrogens with one attached hydrogen (secondary N) is 3. The summed E-state index contributed by atoms with van der Waals surface area (Å²) in [4.78, 5) is 17.1. The second-order valence-corrected chi connectivity index (χ2v) is 9.38. The van der Waals surface area contributed by atoms with E-state index in [0.717, 1.165) is 56.5 Å². The lowest BCUT2D eigenvalue weighted by molar-refractivity contribution is 0.0320. The topological polar surface area (TPSA) is 122 Å². The van der Waals surface area contributed by atoms with Crippen LogP contribution in [0.4, 0.5) is 17.6 Å². The molecule has 0 radical (unpaired) electrons. The van der Waals surface area contributed by atoms with Crippen LogP contribution in [-0.4, -0.2) is 82.9 Å². The number of hydrogen-bond donors (Lipinski definition) is 3. The molecule has 0 spiro atoms. The van der Waals surface area contributed by atoms with E-state index in [9.17, 15) is 0 Å². The van der Waals surface area contributed by atoms with Gasteiger partial charge in [-0.05, 0) is 18.8 Å². The fraction of sp³-hybridized carbons (Fsp3) is 0.652. The normalized spacial score (nSPS) is 20.8. The molecular formula is C23H34N8O3. The second kappa shape index (κ2) is 10.6. The first-order valence-corrected chi connectivity index (χ1v) is 12.2. The van der Waals surface area contributed by atoms with E-state index in [1.54, 1.807) is 0 Å². The first-order chi connectivity index (χ1) is 16.6. The molecule has 5 rings (SSSR count). The van der Waals surface area contributed by atoms with Crippen molar-refractivity contribution in [3.63, 3.8) is 0 Å². The van der Waals surface area contributed by atoms with Crippen molar-refractivity contribution in [2.75, 3.05) is 56.6 Å². The Labute approximate surface area is 199 Å². The van der Waals surface area contributed by atoms with E-state index < -0.39 is 0 Å². The van der Waals surface area contributed by atoms with Crippen LogP contribution in [0.15, 0.2) is 17.3 Å². The number of oxime groups is 1. The lowest BCUT2D eigenvalue weighted by Gasteiger charge is -2.26. The van der Waals surface area contributed by atoms with Crippen LogP contribution in [-0.2, 0) is 9.57 Å². The van der Waals surface area contributed by atoms with E-state index in [2.05, 4.69) is 54.7 Å². The molecule has 2 fully saturated rings. The van der Waals surface area contributed by atoms with Gasteiger partial charge in [0.15, 0.2) is 5.82 Å². The van der Waals surface area contributed by atoms with Gasteiger partial charge < -0.3 is 24.9 Å². The Hall–Kier alpha value is -2.92. The largest absolute Gasteiger partial charge is 0.476 e. The van der Waals surface area contributed by atoms with Gasteiger partial charge in [-0.25, -0.2) is 0 Å². The van der Waals surface area contributed by atoms with Crippen LogP contribution in [0.2, 0.25) is 0 Å². The zero-order valence-electron chi connectivity index (χ0n) is 19.9. The molecule has 3 N–H and O–H groups in total. The molecule has 1 saturated carbocycles. The minimum Gasteiger partial charge on any atom is -0.476 e. The third kappa shape index (κ3) is 6.15. The summed E-state index contributed by atoms with van der Waals surface area (Å²) in [6, 6.07) is 3.85. The van der Waals surface area contributed by atoms with Crippen molar-refractivity contribution in [2.45, 2.75) is 45.1 Å². The Kier molecular flexibility index (Phi) is 7.10. The molecule has 2 aliphatic heterocycles. The quantitative estimate of drug-likeness (QED) is 0.455. The highest BCUT2D eigenvalue weighted by Crippen LogP contribution is 2.39. The molecule has 1 atom stereocenters. The van der Waals surface area contributed by atoms with Crippen LogP contribution < -0.4 is 15.4 Å². The molecule has 1 unspecified atom stereocenters. The predicted octanol–water partition coefficient (Wildman–Crippen LogP) is 2.74. The molecule has 0 amide bonds. The molecule has 11 heteroatoms. The average Bonchev–Trinajstić information content (AvgIpc) is 3.38. The van der Waals surface area contributed by atoms with Gasteiger partial charge in [-0.2, -0.15) is 15.1 Å². The summed E-state index contributed by atoms with van der Waals surface area (Å²) in [7, 11) is 0. The molecule has 184 valence electrons. The van der Waals surface area contributed by atoms with E-state index >= 15 is 0 Å². The van der Waals surface area contributed by atoms with Crippen LogP contribution in [0.1, 0.15) is 44.7 Å². The smallest absolute Gasteiger partial charge is 0.228 e. The van der Waals surface area contributed by atoms with Crippen LogP contribution in [0.3, 0.4) is 0 Å². The standard InChI is InChI=1S/C23H34N8O3/c1-15(2)18-11-17(34-30-18)14-24-23-26-20(25-21-12-19(28-29-21)16-3-4-16)13-22(27-23)33-10-7-31-5-8-32-9-6-31/h12-13,15-17H,3-11,14H2,1-2H3,(H3,24,25,26,27,28,29). The van der Waals surface area contributed by atoms with Gasteiger partial charge >= 0.3 is 0 Å². The molecule has 0 bridgehead atoms. The van der Waals surface area contributed by atoms with E-state index in [1.165, 1.54) is 12.8 Å². The first-order valence-electron chi connectivity index (χ1n) is 12.2. The Balaban J connectivity index is 1.22. The SMILES string of the molecule is CC(C)C1=NOC(CNc2nc(Nc3cc(C4CC4)[nH]n3)cc(OCCN3CCOCC3)n2)C1. The van der Waals surface area contributed by atoms with Gasteiger partial charge in [-0.3, -0.25) is 10.00 Å². The van der Waals surface area contributed by atoms with Crippen molar-refractivity contribution in [1.82, 2.24) is 25.1 Å². The van der Waals surface area contributed by atoms with Gasteiger partial charge in [0, 0.05) is 49.8 Å². The molecular weight excluding hydrogens is 436 g/mol. The van der Waals surface area contributed by atoms with Crippen molar-refractivity contribution < 1.29 is 14.3 Å². The third-order valence-electron chi connectivity index (χ3n) is 6.24. The zero-order valence-corrected chi connectivity index (χ0v) is 19.9. The lowest BCUT2D eigenvalue weighted by Crippen LogP contribution is -2.38. The molecule has 1 aliphatic carbocycles. The summed E-state index contributed by atoms with van der Waals surface area (Å²) in [6.07, 6.45) is 3.21. The Morgan fingerprint density at radius 3 is 2.79 bits per heavy atom. The van der Waals surface area contributed by atoms with Gasteiger partial charge in [-0.1, -0.05) is 19.0 Å². The highest BCUT2D eigenvalue weighted by Gasteiger charge is 2.26. The van der Waals surface area contributed by atoms with E-state index in [-0.39, 0.29) is 6.10 Å². The summed E-state index contributed by atoms with van der Waals surface area (Å²) >= 11 is 0. The highest BCUT2D eigenvalue weighted by molar-refractivity contribution is 5.87. The summed E-state index contributed by atoms with van der Waals surface area (Å²) in [6.45, 7) is 9.58. The number of rotatable bonds is 11. The first kappa shape index (κ1) is 22.9. The number of aromatic amines is 1. The number of anilines is 3. The van der Waals surface area contributed by atoms with Gasteiger partial charge in [0.2, 0.25) is 11.8 Å². The summed E-state index contributed by atoms with van der Waals surface area (Å²) in [5, 5.41) is 18.3. The maximum Gasteiger partial charge on any atom is 0.228 e. The minimum atomic E-state index is -0.0317. The minimum absolute atomic E-state index is 0.0317. The zero-order chi connectivity index (χ0) is 23.3. The number of nitrogens with zero attached hydrogens (tertiary/aromatic N) is 5. The van der Waals surface area contributed by atoms with Crippen LogP contribution in [0, 0.1) is 5.92 Å². The average molecular weight is 471 g/mol. The Bertz CT molecular complexity index is 984. The molecule has 11 nitrogen and oxygen atoms in total. The van der Waals surface area contributed by atoms with E-state index in [1.807, 2.05) is 12.1 Å². The number of ether oxygens (including phenoxy) is 2. The van der Waals surface area contributed by atoms with Gasteiger partial charge in [0.25, 0.3) is 0 Å². The molecule has 3 aliphatic rings. The van der Waals surface area contributed by atoms with Crippen LogP contribution >= 0.6 is 0 Å². The van der Waals surface area contributed by atoms with Gasteiger partial charge in [0.1, 0.15) is 18.5 Å². The van der Waals surface area contributed by atoms with Crippen LogP contribution in [0.25, 0.3) is 0 Å². The fourth-order valence-electron chi connectivity index (χ4n) is 3.99. The number of aromatic nitrogens is 4. The highest BCUT2D eigenvalue weighted by atomic mass is 16.6. The maximum atomic E-state index is 6.01.